The molecule has 0 radical (unpaired) electrons. The molecule has 2 N–H and O–H groups in total. The van der Waals surface area contributed by atoms with Crippen molar-refractivity contribution in [3.05, 3.63) is 40.8 Å². The van der Waals surface area contributed by atoms with Gasteiger partial charge in [0.2, 0.25) is 0 Å². The fourth-order valence-electron chi connectivity index (χ4n) is 2.00. The van der Waals surface area contributed by atoms with Gasteiger partial charge in [0, 0.05) is 20.0 Å². The summed E-state index contributed by atoms with van der Waals surface area (Å²) < 4.78 is 23.5. The normalized spacial score (nSPS) is 16.4. The molecule has 0 aliphatic carbocycles. The summed E-state index contributed by atoms with van der Waals surface area (Å²) in [4.78, 5) is 34.7. The molecule has 0 bridgehead atoms. The van der Waals surface area contributed by atoms with E-state index in [2.05, 4.69) is 5.32 Å². The van der Waals surface area contributed by atoms with E-state index in [1.165, 1.54) is 19.9 Å². The Labute approximate surface area is 130 Å². The number of carboxylic acids is 1. The van der Waals surface area contributed by atoms with Crippen LogP contribution in [0.5, 0.6) is 0 Å². The molecule has 1 heterocycles. The van der Waals surface area contributed by atoms with Gasteiger partial charge >= 0.3 is 17.9 Å². The van der Waals surface area contributed by atoms with Crippen molar-refractivity contribution in [2.24, 2.45) is 0 Å². The Balaban J connectivity index is 2.35. The molecule has 122 valence electrons. The average Bonchev–Trinajstić information content (AvgIpc) is 2.34. The number of esters is 2. The van der Waals surface area contributed by atoms with Crippen molar-refractivity contribution in [3.8, 4) is 0 Å². The first-order valence-corrected chi connectivity index (χ1v) is 6.57. The highest BCUT2D eigenvalue weighted by Gasteiger charge is 2.39. The summed E-state index contributed by atoms with van der Waals surface area (Å²) in [7, 11) is 0. The van der Waals surface area contributed by atoms with Crippen molar-refractivity contribution in [1.82, 2.24) is 0 Å². The number of aryl methyl sites for hydroxylation is 1. The number of carboxylic acid groups (broad SMARTS) is 1. The molecule has 1 aliphatic heterocycles. The highest BCUT2D eigenvalue weighted by molar-refractivity contribution is 6.15. The molecule has 0 amide bonds. The van der Waals surface area contributed by atoms with Crippen molar-refractivity contribution in [3.63, 3.8) is 0 Å². The van der Waals surface area contributed by atoms with E-state index in [-0.39, 0.29) is 5.69 Å². The van der Waals surface area contributed by atoms with Crippen molar-refractivity contribution in [2.45, 2.75) is 26.6 Å². The van der Waals surface area contributed by atoms with Gasteiger partial charge < -0.3 is 19.9 Å². The summed E-state index contributed by atoms with van der Waals surface area (Å²) in [5, 5.41) is 11.5. The molecule has 2 rings (SSSR count). The van der Waals surface area contributed by atoms with E-state index in [4.69, 9.17) is 14.6 Å². The van der Waals surface area contributed by atoms with Gasteiger partial charge in [0.05, 0.1) is 5.69 Å². The second kappa shape index (κ2) is 5.71. The molecule has 0 unspecified atom stereocenters. The topological polar surface area (TPSA) is 102 Å². The molecular weight excluding hydrogens is 309 g/mol. The predicted molar refractivity (Wildman–Crippen MR) is 76.1 cm³/mol. The van der Waals surface area contributed by atoms with Crippen LogP contribution in [0, 0.1) is 12.7 Å². The lowest BCUT2D eigenvalue weighted by Crippen LogP contribution is -2.42. The molecule has 1 aromatic rings. The zero-order chi connectivity index (χ0) is 17.4. The number of hydrogen-bond acceptors (Lipinski definition) is 6. The Morgan fingerprint density at radius 3 is 2.35 bits per heavy atom. The number of cyclic esters (lactones) is 2. The molecule has 0 saturated carbocycles. The van der Waals surface area contributed by atoms with Gasteiger partial charge in [-0.3, -0.25) is 0 Å². The Bertz CT molecular complexity index is 716. The number of anilines is 1. The van der Waals surface area contributed by atoms with Gasteiger partial charge in [-0.15, -0.1) is 0 Å². The van der Waals surface area contributed by atoms with Gasteiger partial charge in [0.15, 0.2) is 5.57 Å². The maximum absolute atomic E-state index is 13.8. The molecule has 1 aliphatic rings. The summed E-state index contributed by atoms with van der Waals surface area (Å²) in [6.07, 6.45) is 0.931. The number of nitrogens with one attached hydrogen (secondary N) is 1. The van der Waals surface area contributed by atoms with Crippen molar-refractivity contribution >= 4 is 23.6 Å². The first kappa shape index (κ1) is 16.5. The van der Waals surface area contributed by atoms with Crippen LogP contribution < -0.4 is 5.32 Å². The standard InChI is InChI=1S/C15H14FNO6/c1-7-4-9(16)11(12(18)19)10(5-7)17-6-8-13(20)22-15(2,3)23-14(8)21/h4-6,17H,1-3H3,(H,18,19). The summed E-state index contributed by atoms with van der Waals surface area (Å²) >= 11 is 0. The Kier molecular flexibility index (Phi) is 4.09. The van der Waals surface area contributed by atoms with Gasteiger partial charge in [-0.1, -0.05) is 0 Å². The quantitative estimate of drug-likeness (QED) is 0.498. The molecule has 23 heavy (non-hydrogen) atoms. The van der Waals surface area contributed by atoms with Gasteiger partial charge in [-0.2, -0.15) is 0 Å². The van der Waals surface area contributed by atoms with Crippen LogP contribution in [0.4, 0.5) is 10.1 Å². The van der Waals surface area contributed by atoms with Crippen LogP contribution in [0.25, 0.3) is 0 Å². The monoisotopic (exact) mass is 323 g/mol. The highest BCUT2D eigenvalue weighted by Crippen LogP contribution is 2.25. The van der Waals surface area contributed by atoms with Gasteiger partial charge in [0.1, 0.15) is 11.4 Å². The number of aromatic carboxylic acids is 1. The number of hydrogen-bond donors (Lipinski definition) is 2. The van der Waals surface area contributed by atoms with Crippen LogP contribution in [-0.4, -0.2) is 28.8 Å². The second-order valence-electron chi connectivity index (χ2n) is 5.36. The molecule has 0 spiro atoms. The first-order chi connectivity index (χ1) is 10.6. The van der Waals surface area contributed by atoms with Crippen molar-refractivity contribution < 1.29 is 33.4 Å². The predicted octanol–water partition coefficient (Wildman–Crippen LogP) is 1.96. The smallest absolute Gasteiger partial charge is 0.350 e. The van der Waals surface area contributed by atoms with E-state index in [1.54, 1.807) is 6.92 Å². The minimum atomic E-state index is -1.49. The van der Waals surface area contributed by atoms with E-state index in [1.807, 2.05) is 0 Å². The zero-order valence-electron chi connectivity index (χ0n) is 12.6. The molecular formula is C15H14FNO6. The first-order valence-electron chi connectivity index (χ1n) is 6.57. The van der Waals surface area contributed by atoms with Gasteiger partial charge in [0.25, 0.3) is 5.79 Å². The van der Waals surface area contributed by atoms with E-state index in [0.29, 0.717) is 5.56 Å². The molecule has 8 heteroatoms. The number of carbonyl (C=O) groups excluding carboxylic acids is 2. The minimum absolute atomic E-state index is 0.104. The van der Waals surface area contributed by atoms with Crippen LogP contribution in [0.3, 0.4) is 0 Å². The Morgan fingerprint density at radius 2 is 1.83 bits per heavy atom. The molecule has 1 fully saturated rings. The third kappa shape index (κ3) is 3.47. The molecule has 1 aromatic carbocycles. The molecule has 0 atom stereocenters. The van der Waals surface area contributed by atoms with E-state index >= 15 is 0 Å². The lowest BCUT2D eigenvalue weighted by Gasteiger charge is -2.29. The molecule has 0 aromatic heterocycles. The number of halogens is 1. The van der Waals surface area contributed by atoms with Crippen LogP contribution in [-0.2, 0) is 19.1 Å². The number of rotatable bonds is 3. The Morgan fingerprint density at radius 1 is 1.26 bits per heavy atom. The third-order valence-electron chi connectivity index (χ3n) is 2.94. The van der Waals surface area contributed by atoms with Crippen molar-refractivity contribution in [1.29, 1.82) is 0 Å². The average molecular weight is 323 g/mol. The van der Waals surface area contributed by atoms with Crippen molar-refractivity contribution in [2.75, 3.05) is 5.32 Å². The Hall–Kier alpha value is -2.90. The maximum Gasteiger partial charge on any atom is 0.350 e. The summed E-state index contributed by atoms with van der Waals surface area (Å²) in [5.74, 6) is -5.66. The van der Waals surface area contributed by atoms with E-state index in [9.17, 15) is 18.8 Å². The number of ether oxygens (including phenoxy) is 2. The fourth-order valence-corrected chi connectivity index (χ4v) is 2.00. The SMILES string of the molecule is Cc1cc(F)c(C(=O)O)c(NC=C2C(=O)OC(C)(C)OC2=O)c1. The summed E-state index contributed by atoms with van der Waals surface area (Å²) in [6.45, 7) is 4.36. The van der Waals surface area contributed by atoms with E-state index in [0.717, 1.165) is 12.3 Å². The minimum Gasteiger partial charge on any atom is -0.478 e. The largest absolute Gasteiger partial charge is 0.478 e. The fraction of sp³-hybridized carbons (Fsp3) is 0.267. The molecule has 7 nitrogen and oxygen atoms in total. The lowest BCUT2D eigenvalue weighted by molar-refractivity contribution is -0.222. The number of benzene rings is 1. The van der Waals surface area contributed by atoms with Crippen LogP contribution in [0.1, 0.15) is 29.8 Å². The van der Waals surface area contributed by atoms with E-state index < -0.39 is 40.6 Å². The number of carbonyl (C=O) groups is 3. The molecule has 1 saturated heterocycles. The van der Waals surface area contributed by atoms with Crippen LogP contribution in [0.15, 0.2) is 23.9 Å². The summed E-state index contributed by atoms with van der Waals surface area (Å²) in [5.41, 5.74) is -0.704. The van der Waals surface area contributed by atoms with Gasteiger partial charge in [-0.05, 0) is 24.6 Å². The summed E-state index contributed by atoms with van der Waals surface area (Å²) in [6, 6.07) is 2.43. The lowest BCUT2D eigenvalue weighted by atomic mass is 10.1. The second-order valence-corrected chi connectivity index (χ2v) is 5.36. The highest BCUT2D eigenvalue weighted by atomic mass is 19.1. The van der Waals surface area contributed by atoms with Crippen LogP contribution >= 0.6 is 0 Å². The third-order valence-corrected chi connectivity index (χ3v) is 2.94. The van der Waals surface area contributed by atoms with Crippen LogP contribution in [0.2, 0.25) is 0 Å². The van der Waals surface area contributed by atoms with Gasteiger partial charge in [-0.25, -0.2) is 18.8 Å². The maximum atomic E-state index is 13.8. The zero-order valence-corrected chi connectivity index (χ0v) is 12.6.